The van der Waals surface area contributed by atoms with Gasteiger partial charge < -0.3 is 29.0 Å². The molecule has 6 nitrogen and oxygen atoms in total. The molecule has 6 heteroatoms. The smallest absolute Gasteiger partial charge is 0.203 e. The molecule has 2 atom stereocenters. The first-order valence-electron chi connectivity index (χ1n) is 8.68. The van der Waals surface area contributed by atoms with Crippen LogP contribution in [0.5, 0.6) is 28.7 Å². The summed E-state index contributed by atoms with van der Waals surface area (Å²) in [6.45, 7) is 3.73. The van der Waals surface area contributed by atoms with E-state index >= 15 is 0 Å². The molecule has 2 aromatic carbocycles. The summed E-state index contributed by atoms with van der Waals surface area (Å²) in [6.07, 6.45) is -0.0503. The SMILES string of the molecule is COc1cccc(OC)c1OCCNC(C)[C@H]1COc2ccccc2O1. The monoisotopic (exact) mass is 359 g/mol. The quantitative estimate of drug-likeness (QED) is 0.732. The van der Waals surface area contributed by atoms with Crippen LogP contribution in [-0.4, -0.2) is 46.1 Å². The number of ether oxygens (including phenoxy) is 5. The van der Waals surface area contributed by atoms with Gasteiger partial charge in [0.15, 0.2) is 23.0 Å². The topological polar surface area (TPSA) is 58.2 Å². The molecule has 1 N–H and O–H groups in total. The van der Waals surface area contributed by atoms with Crippen molar-refractivity contribution in [1.29, 1.82) is 0 Å². The van der Waals surface area contributed by atoms with Crippen LogP contribution in [-0.2, 0) is 0 Å². The van der Waals surface area contributed by atoms with Gasteiger partial charge in [-0.3, -0.25) is 0 Å². The van der Waals surface area contributed by atoms with Crippen LogP contribution in [0.3, 0.4) is 0 Å². The Bertz CT molecular complexity index is 699. The summed E-state index contributed by atoms with van der Waals surface area (Å²) in [4.78, 5) is 0. The zero-order valence-corrected chi connectivity index (χ0v) is 15.4. The van der Waals surface area contributed by atoms with E-state index in [1.165, 1.54) is 0 Å². The molecule has 0 spiro atoms. The summed E-state index contributed by atoms with van der Waals surface area (Å²) in [5.74, 6) is 3.49. The summed E-state index contributed by atoms with van der Waals surface area (Å²) >= 11 is 0. The van der Waals surface area contributed by atoms with E-state index in [4.69, 9.17) is 23.7 Å². The Hall–Kier alpha value is -2.60. The third kappa shape index (κ3) is 4.14. The minimum atomic E-state index is -0.0503. The molecule has 1 aliphatic rings. The highest BCUT2D eigenvalue weighted by molar-refractivity contribution is 5.51. The molecular weight excluding hydrogens is 334 g/mol. The van der Waals surface area contributed by atoms with Gasteiger partial charge in [0.05, 0.1) is 14.2 Å². The highest BCUT2D eigenvalue weighted by Gasteiger charge is 2.25. The number of hydrogen-bond acceptors (Lipinski definition) is 6. The fourth-order valence-electron chi connectivity index (χ4n) is 2.81. The maximum atomic E-state index is 6.01. The van der Waals surface area contributed by atoms with E-state index in [2.05, 4.69) is 12.2 Å². The van der Waals surface area contributed by atoms with Crippen LogP contribution in [0.15, 0.2) is 42.5 Å². The Kier molecular flexibility index (Phi) is 6.07. The second-order valence-electron chi connectivity index (χ2n) is 6.00. The van der Waals surface area contributed by atoms with E-state index < -0.39 is 0 Å². The lowest BCUT2D eigenvalue weighted by Crippen LogP contribution is -2.47. The molecule has 1 heterocycles. The van der Waals surface area contributed by atoms with E-state index in [1.54, 1.807) is 14.2 Å². The van der Waals surface area contributed by atoms with Crippen LogP contribution in [0.2, 0.25) is 0 Å². The van der Waals surface area contributed by atoms with Crippen molar-refractivity contribution in [2.45, 2.75) is 19.1 Å². The van der Waals surface area contributed by atoms with E-state index in [0.717, 1.165) is 11.5 Å². The second kappa shape index (κ2) is 8.67. The van der Waals surface area contributed by atoms with Gasteiger partial charge in [0.25, 0.3) is 0 Å². The maximum Gasteiger partial charge on any atom is 0.203 e. The molecule has 0 aliphatic carbocycles. The van der Waals surface area contributed by atoms with Crippen LogP contribution >= 0.6 is 0 Å². The average molecular weight is 359 g/mol. The molecule has 0 saturated carbocycles. The molecule has 0 bridgehead atoms. The van der Waals surface area contributed by atoms with Crippen LogP contribution in [0.1, 0.15) is 6.92 Å². The Balaban J connectivity index is 1.49. The number of para-hydroxylation sites is 3. The molecular formula is C20H25NO5. The average Bonchev–Trinajstić information content (AvgIpc) is 2.70. The zero-order valence-electron chi connectivity index (χ0n) is 15.4. The minimum absolute atomic E-state index is 0.0503. The Morgan fingerprint density at radius 1 is 1.04 bits per heavy atom. The summed E-state index contributed by atoms with van der Waals surface area (Å²) in [5.41, 5.74) is 0. The highest BCUT2D eigenvalue weighted by Crippen LogP contribution is 2.36. The third-order valence-corrected chi connectivity index (χ3v) is 4.29. The van der Waals surface area contributed by atoms with E-state index in [9.17, 15) is 0 Å². The largest absolute Gasteiger partial charge is 0.493 e. The van der Waals surface area contributed by atoms with Crippen molar-refractivity contribution in [2.75, 3.05) is 34.0 Å². The third-order valence-electron chi connectivity index (χ3n) is 4.29. The first-order valence-corrected chi connectivity index (χ1v) is 8.68. The molecule has 0 aromatic heterocycles. The number of methoxy groups -OCH3 is 2. The van der Waals surface area contributed by atoms with E-state index in [0.29, 0.717) is 37.0 Å². The van der Waals surface area contributed by atoms with Gasteiger partial charge in [-0.2, -0.15) is 0 Å². The Morgan fingerprint density at radius 3 is 2.42 bits per heavy atom. The fourth-order valence-corrected chi connectivity index (χ4v) is 2.81. The van der Waals surface area contributed by atoms with Gasteiger partial charge in [0, 0.05) is 12.6 Å². The predicted molar refractivity (Wildman–Crippen MR) is 98.9 cm³/mol. The van der Waals surface area contributed by atoms with Crippen LogP contribution in [0.25, 0.3) is 0 Å². The number of fused-ring (bicyclic) bond motifs is 1. The lowest BCUT2D eigenvalue weighted by Gasteiger charge is -2.31. The first kappa shape index (κ1) is 18.2. The molecule has 2 aromatic rings. The molecule has 0 radical (unpaired) electrons. The number of nitrogens with one attached hydrogen (secondary N) is 1. The molecule has 140 valence electrons. The van der Waals surface area contributed by atoms with Gasteiger partial charge >= 0.3 is 0 Å². The van der Waals surface area contributed by atoms with Gasteiger partial charge in [-0.1, -0.05) is 18.2 Å². The van der Waals surface area contributed by atoms with Crippen molar-refractivity contribution >= 4 is 0 Å². The fraction of sp³-hybridized carbons (Fsp3) is 0.400. The molecule has 0 saturated heterocycles. The van der Waals surface area contributed by atoms with Crippen molar-refractivity contribution in [2.24, 2.45) is 0 Å². The second-order valence-corrected chi connectivity index (χ2v) is 6.00. The standard InChI is InChI=1S/C20H25NO5/c1-14(19-13-25-15-7-4-5-8-16(15)26-19)21-11-12-24-20-17(22-2)9-6-10-18(20)23-3/h4-10,14,19,21H,11-13H2,1-3H3/t14?,19-/m1/s1. The number of hydrogen-bond donors (Lipinski definition) is 1. The van der Waals surface area contributed by atoms with Crippen molar-refractivity contribution in [3.05, 3.63) is 42.5 Å². The van der Waals surface area contributed by atoms with Gasteiger partial charge in [0.2, 0.25) is 5.75 Å². The van der Waals surface area contributed by atoms with Crippen LogP contribution in [0.4, 0.5) is 0 Å². The van der Waals surface area contributed by atoms with Crippen molar-refractivity contribution < 1.29 is 23.7 Å². The summed E-state index contributed by atoms with van der Waals surface area (Å²) < 4.78 is 28.3. The van der Waals surface area contributed by atoms with Crippen molar-refractivity contribution in [3.8, 4) is 28.7 Å². The predicted octanol–water partition coefficient (Wildman–Crippen LogP) is 2.90. The molecule has 1 unspecified atom stereocenters. The number of benzene rings is 2. The molecule has 0 amide bonds. The maximum absolute atomic E-state index is 6.01. The summed E-state index contributed by atoms with van der Waals surface area (Å²) in [7, 11) is 3.22. The normalized spacial score (nSPS) is 16.7. The summed E-state index contributed by atoms with van der Waals surface area (Å²) in [5, 5.41) is 3.42. The van der Waals surface area contributed by atoms with Gasteiger partial charge in [-0.05, 0) is 31.2 Å². The van der Waals surface area contributed by atoms with Gasteiger partial charge in [0.1, 0.15) is 19.3 Å². The minimum Gasteiger partial charge on any atom is -0.493 e. The lowest BCUT2D eigenvalue weighted by atomic mass is 10.1. The Labute approximate surface area is 154 Å². The molecule has 0 fully saturated rings. The van der Waals surface area contributed by atoms with E-state index in [-0.39, 0.29) is 12.1 Å². The zero-order chi connectivity index (χ0) is 18.4. The molecule has 26 heavy (non-hydrogen) atoms. The van der Waals surface area contributed by atoms with Crippen molar-refractivity contribution in [3.63, 3.8) is 0 Å². The Morgan fingerprint density at radius 2 is 1.73 bits per heavy atom. The molecule has 3 rings (SSSR count). The van der Waals surface area contributed by atoms with Crippen LogP contribution < -0.4 is 29.0 Å². The highest BCUT2D eigenvalue weighted by atomic mass is 16.6. The van der Waals surface area contributed by atoms with E-state index in [1.807, 2.05) is 42.5 Å². The summed E-state index contributed by atoms with van der Waals surface area (Å²) in [6, 6.07) is 13.4. The van der Waals surface area contributed by atoms with Crippen molar-refractivity contribution in [1.82, 2.24) is 5.32 Å². The van der Waals surface area contributed by atoms with Gasteiger partial charge in [-0.15, -0.1) is 0 Å². The van der Waals surface area contributed by atoms with Gasteiger partial charge in [-0.25, -0.2) is 0 Å². The number of rotatable bonds is 8. The lowest BCUT2D eigenvalue weighted by molar-refractivity contribution is 0.0656. The molecule has 1 aliphatic heterocycles. The van der Waals surface area contributed by atoms with Crippen LogP contribution in [0, 0.1) is 0 Å². The first-order chi connectivity index (χ1) is 12.7.